The molecule has 4 rings (SSSR count). The van der Waals surface area contributed by atoms with Gasteiger partial charge in [-0.05, 0) is 38.6 Å². The molecular formula is C18H18FN3. The van der Waals surface area contributed by atoms with Crippen molar-refractivity contribution in [2.24, 2.45) is 5.92 Å². The van der Waals surface area contributed by atoms with Crippen molar-refractivity contribution in [1.82, 2.24) is 14.9 Å². The third kappa shape index (κ3) is 1.98. The number of aromatic nitrogens is 2. The number of fused-ring (bicyclic) bond motifs is 2. The number of nitrogens with zero attached hydrogens (tertiary/aromatic N) is 2. The van der Waals surface area contributed by atoms with Gasteiger partial charge in [0.2, 0.25) is 0 Å². The van der Waals surface area contributed by atoms with Gasteiger partial charge in [0.15, 0.2) is 0 Å². The molecule has 0 aromatic carbocycles. The van der Waals surface area contributed by atoms with Crippen LogP contribution < -0.4 is 0 Å². The highest BCUT2D eigenvalue weighted by atomic mass is 19.1. The molecule has 0 amide bonds. The molecule has 4 heteroatoms. The van der Waals surface area contributed by atoms with Gasteiger partial charge in [-0.25, -0.2) is 9.37 Å². The molecule has 2 atom stereocenters. The van der Waals surface area contributed by atoms with Crippen molar-refractivity contribution >= 4 is 11.0 Å². The van der Waals surface area contributed by atoms with E-state index in [0.29, 0.717) is 11.6 Å². The molecule has 0 aliphatic heterocycles. The fourth-order valence-corrected chi connectivity index (χ4v) is 3.23. The molecule has 2 aromatic rings. The Morgan fingerprint density at radius 2 is 2.27 bits per heavy atom. The maximum Gasteiger partial charge on any atom is 0.142 e. The van der Waals surface area contributed by atoms with Crippen LogP contribution >= 0.6 is 0 Å². The van der Waals surface area contributed by atoms with Crippen molar-refractivity contribution in [2.45, 2.75) is 12.0 Å². The molecule has 0 spiro atoms. The molecule has 2 heterocycles. The molecule has 0 radical (unpaired) electrons. The minimum absolute atomic E-state index is 0. The number of rotatable bonds is 1. The van der Waals surface area contributed by atoms with E-state index in [2.05, 4.69) is 59.0 Å². The lowest BCUT2D eigenvalue weighted by molar-refractivity contribution is 0.310. The van der Waals surface area contributed by atoms with E-state index in [4.69, 9.17) is 0 Å². The van der Waals surface area contributed by atoms with Gasteiger partial charge in [0.05, 0.1) is 11.9 Å². The summed E-state index contributed by atoms with van der Waals surface area (Å²) in [6.07, 6.45) is 8.78. The summed E-state index contributed by atoms with van der Waals surface area (Å²) in [5.41, 5.74) is 2.75. The van der Waals surface area contributed by atoms with Crippen molar-refractivity contribution in [3.8, 4) is 11.8 Å². The molecule has 1 N–H and O–H groups in total. The lowest BCUT2D eigenvalue weighted by Gasteiger charge is -2.23. The second-order valence-corrected chi connectivity index (χ2v) is 6.15. The largest absolute Gasteiger partial charge is 0.333 e. The number of allylic oxidation sites excluding steroid dienone is 2. The molecule has 112 valence electrons. The lowest BCUT2D eigenvalue weighted by Crippen LogP contribution is -2.31. The van der Waals surface area contributed by atoms with E-state index in [1.165, 1.54) is 12.3 Å². The summed E-state index contributed by atoms with van der Waals surface area (Å²) in [5, 5.41) is 0.746. The average Bonchev–Trinajstić information content (AvgIpc) is 3.13. The van der Waals surface area contributed by atoms with Crippen LogP contribution in [0.25, 0.3) is 11.0 Å². The number of hydrogen-bond donors (Lipinski definition) is 1. The number of hydrogen-bond acceptors (Lipinski definition) is 2. The molecule has 0 bridgehead atoms. The van der Waals surface area contributed by atoms with Gasteiger partial charge in [0.25, 0.3) is 0 Å². The second-order valence-electron chi connectivity index (χ2n) is 6.15. The Kier molecular flexibility index (Phi) is 2.75. The Balaban J connectivity index is 0.00000156. The van der Waals surface area contributed by atoms with E-state index >= 15 is 0 Å². The molecule has 2 aromatic heterocycles. The number of likely N-dealkylation sites (N-methyl/N-ethyl adjacent to an activating group) is 1. The predicted octanol–water partition coefficient (Wildman–Crippen LogP) is 3.12. The van der Waals surface area contributed by atoms with Crippen LogP contribution in [0.1, 0.15) is 13.5 Å². The highest BCUT2D eigenvalue weighted by Gasteiger charge is 2.56. The maximum absolute atomic E-state index is 13.2. The SMILES string of the molecule is CN(C)C12C=CC=C(C#Cc3cc4cc(F)cnc4[nH]3)C1C2.[HH]. The monoisotopic (exact) mass is 295 g/mol. The first-order valence-corrected chi connectivity index (χ1v) is 7.32. The summed E-state index contributed by atoms with van der Waals surface area (Å²) in [6.45, 7) is 0. The zero-order chi connectivity index (χ0) is 15.3. The van der Waals surface area contributed by atoms with Crippen molar-refractivity contribution < 1.29 is 5.82 Å². The highest BCUT2D eigenvalue weighted by molar-refractivity contribution is 5.77. The summed E-state index contributed by atoms with van der Waals surface area (Å²) >= 11 is 0. The van der Waals surface area contributed by atoms with Gasteiger partial charge in [-0.15, -0.1) is 0 Å². The van der Waals surface area contributed by atoms with Crippen LogP contribution in [0.2, 0.25) is 0 Å². The van der Waals surface area contributed by atoms with Gasteiger partial charge >= 0.3 is 0 Å². The normalized spacial score (nSPS) is 25.6. The zero-order valence-corrected chi connectivity index (χ0v) is 12.5. The lowest BCUT2D eigenvalue weighted by atomic mass is 10.0. The van der Waals surface area contributed by atoms with Crippen LogP contribution in [0, 0.1) is 23.6 Å². The summed E-state index contributed by atoms with van der Waals surface area (Å²) in [4.78, 5) is 9.40. The number of H-pyrrole nitrogens is 1. The van der Waals surface area contributed by atoms with Gasteiger partial charge in [-0.1, -0.05) is 24.1 Å². The van der Waals surface area contributed by atoms with Crippen molar-refractivity contribution in [3.05, 3.63) is 53.6 Å². The molecule has 2 aliphatic rings. The first-order valence-electron chi connectivity index (χ1n) is 7.32. The minimum Gasteiger partial charge on any atom is -0.333 e. The quantitative estimate of drug-likeness (QED) is 0.820. The van der Waals surface area contributed by atoms with Crippen LogP contribution in [0.3, 0.4) is 0 Å². The third-order valence-electron chi connectivity index (χ3n) is 4.62. The Labute approximate surface area is 130 Å². The molecule has 0 saturated heterocycles. The maximum atomic E-state index is 13.2. The smallest absolute Gasteiger partial charge is 0.142 e. The van der Waals surface area contributed by atoms with Gasteiger partial charge in [-0.2, -0.15) is 0 Å². The van der Waals surface area contributed by atoms with E-state index in [9.17, 15) is 4.39 Å². The molecule has 1 saturated carbocycles. The molecule has 2 unspecified atom stereocenters. The minimum atomic E-state index is -0.333. The first kappa shape index (κ1) is 13.3. The summed E-state index contributed by atoms with van der Waals surface area (Å²) in [7, 11) is 4.22. The van der Waals surface area contributed by atoms with E-state index in [1.807, 2.05) is 6.07 Å². The van der Waals surface area contributed by atoms with Crippen LogP contribution in [-0.4, -0.2) is 34.5 Å². The number of halogens is 1. The van der Waals surface area contributed by atoms with E-state index in [1.54, 1.807) is 0 Å². The fraction of sp³-hybridized carbons (Fsp3) is 0.278. The van der Waals surface area contributed by atoms with Crippen LogP contribution in [-0.2, 0) is 0 Å². The van der Waals surface area contributed by atoms with Gasteiger partial charge in [-0.3, -0.25) is 4.90 Å². The van der Waals surface area contributed by atoms with Crippen molar-refractivity contribution in [1.29, 1.82) is 0 Å². The molecule has 1 fully saturated rings. The molecule has 3 nitrogen and oxygen atoms in total. The van der Waals surface area contributed by atoms with E-state index in [-0.39, 0.29) is 12.8 Å². The van der Waals surface area contributed by atoms with Gasteiger partial charge < -0.3 is 4.98 Å². The van der Waals surface area contributed by atoms with Crippen LogP contribution in [0.4, 0.5) is 4.39 Å². The number of pyridine rings is 1. The number of aromatic amines is 1. The summed E-state index contributed by atoms with van der Waals surface area (Å²) in [5.74, 6) is 6.57. The van der Waals surface area contributed by atoms with Gasteiger partial charge in [0.1, 0.15) is 11.5 Å². The Bertz CT molecular complexity index is 885. The van der Waals surface area contributed by atoms with E-state index in [0.717, 1.165) is 23.1 Å². The Hall–Kier alpha value is -2.38. The Morgan fingerprint density at radius 3 is 3.09 bits per heavy atom. The van der Waals surface area contributed by atoms with Crippen molar-refractivity contribution in [2.75, 3.05) is 14.1 Å². The number of nitrogens with one attached hydrogen (secondary N) is 1. The first-order chi connectivity index (χ1) is 10.6. The second kappa shape index (κ2) is 4.56. The topological polar surface area (TPSA) is 31.9 Å². The standard InChI is InChI=1S/C18H16FN3.H2/c1-22(2)18-7-3-4-12(16(18)10-18)5-6-15-9-13-8-14(19)11-20-17(13)21-15;/h3-4,7-9,11,16H,10H2,1-2H3,(H,20,21);1H. The summed E-state index contributed by atoms with van der Waals surface area (Å²) < 4.78 is 13.2. The predicted molar refractivity (Wildman–Crippen MR) is 86.8 cm³/mol. The fourth-order valence-electron chi connectivity index (χ4n) is 3.23. The Morgan fingerprint density at radius 1 is 1.41 bits per heavy atom. The zero-order valence-electron chi connectivity index (χ0n) is 12.5. The third-order valence-corrected chi connectivity index (χ3v) is 4.62. The van der Waals surface area contributed by atoms with E-state index < -0.39 is 0 Å². The summed E-state index contributed by atoms with van der Waals surface area (Å²) in [6, 6.07) is 3.30. The van der Waals surface area contributed by atoms with Crippen LogP contribution in [0.15, 0.2) is 42.1 Å². The van der Waals surface area contributed by atoms with Crippen molar-refractivity contribution in [3.63, 3.8) is 0 Å². The molecule has 22 heavy (non-hydrogen) atoms. The average molecular weight is 295 g/mol. The molecule has 2 aliphatic carbocycles. The highest BCUT2D eigenvalue weighted by Crippen LogP contribution is 2.54. The van der Waals surface area contributed by atoms with Crippen LogP contribution in [0.5, 0.6) is 0 Å². The van der Waals surface area contributed by atoms with Gasteiger partial charge in [0, 0.05) is 23.8 Å². The molecular weight excluding hydrogens is 277 g/mol.